The van der Waals surface area contributed by atoms with Crippen molar-refractivity contribution >= 4 is 51.2 Å². The van der Waals surface area contributed by atoms with Gasteiger partial charge in [-0.3, -0.25) is 4.79 Å². The Morgan fingerprint density at radius 1 is 1.30 bits per heavy atom. The van der Waals surface area contributed by atoms with E-state index in [0.717, 1.165) is 46.8 Å². The Balaban J connectivity index is 1.50. The summed E-state index contributed by atoms with van der Waals surface area (Å²) in [6.07, 6.45) is 6.44. The van der Waals surface area contributed by atoms with E-state index in [1.165, 1.54) is 0 Å². The first-order chi connectivity index (χ1) is 11.1. The van der Waals surface area contributed by atoms with E-state index in [0.29, 0.717) is 17.7 Å². The monoisotopic (exact) mass is 424 g/mol. The van der Waals surface area contributed by atoms with Crippen molar-refractivity contribution in [2.75, 3.05) is 24.1 Å². The number of hydrogen-bond donors (Lipinski definition) is 2. The second kappa shape index (κ2) is 5.73. The maximum Gasteiger partial charge on any atom is 0.225 e. The van der Waals surface area contributed by atoms with E-state index >= 15 is 0 Å². The Labute approximate surface area is 147 Å². The van der Waals surface area contributed by atoms with Crippen LogP contribution in [0, 0.1) is 9.49 Å². The maximum atomic E-state index is 12.1. The summed E-state index contributed by atoms with van der Waals surface area (Å²) >= 11 is 2.19. The Hall–Kier alpha value is -1.71. The molecule has 0 bridgehead atoms. The molecule has 120 valence electrons. The van der Waals surface area contributed by atoms with Crippen LogP contribution in [-0.2, 0) is 4.79 Å². The smallest absolute Gasteiger partial charge is 0.225 e. The minimum absolute atomic E-state index is 0.201. The predicted octanol–water partition coefficient (Wildman–Crippen LogP) is 1.63. The third kappa shape index (κ3) is 2.91. The van der Waals surface area contributed by atoms with Crippen LogP contribution in [0.4, 0.5) is 11.8 Å². The molecule has 0 aromatic carbocycles. The van der Waals surface area contributed by atoms with E-state index in [1.807, 2.05) is 4.90 Å². The summed E-state index contributed by atoms with van der Waals surface area (Å²) in [7, 11) is 0. The molecule has 2 aliphatic rings. The molecule has 1 aliphatic heterocycles. The van der Waals surface area contributed by atoms with Gasteiger partial charge in [-0.25, -0.2) is 15.0 Å². The topological polar surface area (TPSA) is 97.0 Å². The summed E-state index contributed by atoms with van der Waals surface area (Å²) in [5, 5.41) is 4.11. The Morgan fingerprint density at radius 2 is 2.13 bits per heavy atom. The number of fused-ring (bicyclic) bond motifs is 1. The van der Waals surface area contributed by atoms with Crippen LogP contribution in [0.15, 0.2) is 12.4 Å². The highest BCUT2D eigenvalue weighted by atomic mass is 127. The Kier molecular flexibility index (Phi) is 3.70. The molecule has 3 heterocycles. The molecular formula is C15H17IN6O. The molecule has 1 aliphatic carbocycles. The molecule has 2 aromatic rings. The number of carbonyl (C=O) groups excluding carboxylic acids is 1. The first-order valence-corrected chi connectivity index (χ1v) is 8.82. The van der Waals surface area contributed by atoms with E-state index in [9.17, 15) is 4.79 Å². The van der Waals surface area contributed by atoms with Gasteiger partial charge in [-0.1, -0.05) is 0 Å². The fourth-order valence-corrected chi connectivity index (χ4v) is 3.48. The number of anilines is 2. The van der Waals surface area contributed by atoms with Gasteiger partial charge in [0.15, 0.2) is 0 Å². The van der Waals surface area contributed by atoms with Gasteiger partial charge in [0.1, 0.15) is 5.82 Å². The molecule has 3 N–H and O–H groups in total. The lowest BCUT2D eigenvalue weighted by atomic mass is 10.2. The number of nitrogens with one attached hydrogen (secondary N) is 1. The molecule has 23 heavy (non-hydrogen) atoms. The summed E-state index contributed by atoms with van der Waals surface area (Å²) < 4.78 is 0.939. The molecule has 1 atom stereocenters. The van der Waals surface area contributed by atoms with Crippen molar-refractivity contribution in [1.29, 1.82) is 0 Å². The highest BCUT2D eigenvalue weighted by Gasteiger charge is 2.36. The molecule has 2 aromatic heterocycles. The first-order valence-electron chi connectivity index (χ1n) is 7.74. The van der Waals surface area contributed by atoms with Gasteiger partial charge in [0.2, 0.25) is 11.9 Å². The van der Waals surface area contributed by atoms with Crippen molar-refractivity contribution in [3.8, 4) is 0 Å². The van der Waals surface area contributed by atoms with Crippen LogP contribution in [0.2, 0.25) is 0 Å². The SMILES string of the molecule is Nc1ncc(I)c2nc(NC3CCN(C(=O)C4CC4)C3)ncc12. The maximum absolute atomic E-state index is 12.1. The zero-order valence-electron chi connectivity index (χ0n) is 12.5. The molecule has 1 unspecified atom stereocenters. The first kappa shape index (κ1) is 14.9. The normalized spacial score (nSPS) is 20.9. The third-order valence-electron chi connectivity index (χ3n) is 4.37. The lowest BCUT2D eigenvalue weighted by Gasteiger charge is -2.17. The lowest BCUT2D eigenvalue weighted by Crippen LogP contribution is -2.32. The standard InChI is InChI=1S/C15H17IN6O/c16-11-6-18-13(17)10-5-19-15(21-12(10)11)20-9-3-4-22(7-9)14(23)8-1-2-8/h5-6,8-9H,1-4,7H2,(H2,17,18)(H,19,20,21). The number of nitrogens with two attached hydrogens (primary N) is 1. The number of likely N-dealkylation sites (tertiary alicyclic amines) is 1. The van der Waals surface area contributed by atoms with Gasteiger partial charge in [0.05, 0.1) is 14.5 Å². The van der Waals surface area contributed by atoms with E-state index in [2.05, 4.69) is 42.9 Å². The Bertz CT molecular complexity index is 778. The molecule has 0 radical (unpaired) electrons. The Morgan fingerprint density at radius 3 is 2.91 bits per heavy atom. The zero-order valence-corrected chi connectivity index (χ0v) is 14.7. The second-order valence-corrected chi connectivity index (χ2v) is 7.30. The zero-order chi connectivity index (χ0) is 16.0. The highest BCUT2D eigenvalue weighted by Crippen LogP contribution is 2.32. The van der Waals surface area contributed by atoms with Gasteiger partial charge < -0.3 is 16.0 Å². The number of nitrogen functional groups attached to an aromatic ring is 1. The van der Waals surface area contributed by atoms with Gasteiger partial charge in [0.25, 0.3) is 0 Å². The van der Waals surface area contributed by atoms with Crippen molar-refractivity contribution < 1.29 is 4.79 Å². The number of nitrogens with zero attached hydrogens (tertiary/aromatic N) is 4. The molecule has 4 rings (SSSR count). The number of amides is 1. The lowest BCUT2D eigenvalue weighted by molar-refractivity contribution is -0.131. The molecule has 8 heteroatoms. The summed E-state index contributed by atoms with van der Waals surface area (Å²) in [5.74, 6) is 1.60. The van der Waals surface area contributed by atoms with E-state index in [-0.39, 0.29) is 12.0 Å². The molecule has 2 fully saturated rings. The van der Waals surface area contributed by atoms with Gasteiger partial charge >= 0.3 is 0 Å². The number of pyridine rings is 1. The predicted molar refractivity (Wildman–Crippen MR) is 95.8 cm³/mol. The molecule has 1 amide bonds. The largest absolute Gasteiger partial charge is 0.383 e. The number of rotatable bonds is 3. The number of halogens is 1. The fourth-order valence-electron chi connectivity index (χ4n) is 2.93. The van der Waals surface area contributed by atoms with Gasteiger partial charge in [-0.15, -0.1) is 0 Å². The van der Waals surface area contributed by atoms with Gasteiger partial charge in [-0.05, 0) is 41.9 Å². The minimum Gasteiger partial charge on any atom is -0.383 e. The summed E-state index contributed by atoms with van der Waals surface area (Å²) in [5.41, 5.74) is 6.67. The number of aromatic nitrogens is 3. The van der Waals surface area contributed by atoms with Gasteiger partial charge in [-0.2, -0.15) is 0 Å². The highest BCUT2D eigenvalue weighted by molar-refractivity contribution is 14.1. The minimum atomic E-state index is 0.201. The van der Waals surface area contributed by atoms with Crippen LogP contribution in [-0.4, -0.2) is 44.9 Å². The summed E-state index contributed by atoms with van der Waals surface area (Å²) in [6, 6.07) is 0.201. The molecule has 1 saturated heterocycles. The van der Waals surface area contributed by atoms with Crippen LogP contribution < -0.4 is 11.1 Å². The summed E-state index contributed by atoms with van der Waals surface area (Å²) in [6.45, 7) is 1.54. The molecule has 0 spiro atoms. The van der Waals surface area contributed by atoms with Crippen LogP contribution >= 0.6 is 22.6 Å². The van der Waals surface area contributed by atoms with Crippen LogP contribution in [0.1, 0.15) is 19.3 Å². The summed E-state index contributed by atoms with van der Waals surface area (Å²) in [4.78, 5) is 27.1. The van der Waals surface area contributed by atoms with E-state index in [4.69, 9.17) is 5.73 Å². The second-order valence-electron chi connectivity index (χ2n) is 6.14. The molecule has 1 saturated carbocycles. The quantitative estimate of drug-likeness (QED) is 0.728. The van der Waals surface area contributed by atoms with Crippen molar-refractivity contribution in [2.24, 2.45) is 5.92 Å². The van der Waals surface area contributed by atoms with Crippen LogP contribution in [0.5, 0.6) is 0 Å². The van der Waals surface area contributed by atoms with Crippen LogP contribution in [0.25, 0.3) is 10.9 Å². The van der Waals surface area contributed by atoms with Crippen molar-refractivity contribution in [3.63, 3.8) is 0 Å². The molecular weight excluding hydrogens is 407 g/mol. The average molecular weight is 424 g/mol. The van der Waals surface area contributed by atoms with E-state index < -0.39 is 0 Å². The van der Waals surface area contributed by atoms with Crippen molar-refractivity contribution in [3.05, 3.63) is 16.0 Å². The van der Waals surface area contributed by atoms with Gasteiger partial charge in [0, 0.05) is 37.4 Å². The van der Waals surface area contributed by atoms with Crippen molar-refractivity contribution in [2.45, 2.75) is 25.3 Å². The molecule has 7 nitrogen and oxygen atoms in total. The number of hydrogen-bond acceptors (Lipinski definition) is 6. The van der Waals surface area contributed by atoms with Crippen LogP contribution in [0.3, 0.4) is 0 Å². The average Bonchev–Trinajstić information content (AvgIpc) is 3.30. The fraction of sp³-hybridized carbons (Fsp3) is 0.467. The third-order valence-corrected chi connectivity index (χ3v) is 5.16. The van der Waals surface area contributed by atoms with Crippen molar-refractivity contribution in [1.82, 2.24) is 19.9 Å². The number of carbonyl (C=O) groups is 1. The van der Waals surface area contributed by atoms with E-state index in [1.54, 1.807) is 12.4 Å².